The first-order valence-corrected chi connectivity index (χ1v) is 9.57. The molecule has 0 N–H and O–H groups in total. The van der Waals surface area contributed by atoms with E-state index in [9.17, 15) is 4.79 Å². The highest BCUT2D eigenvalue weighted by molar-refractivity contribution is 6.06. The zero-order valence-electron chi connectivity index (χ0n) is 15.6. The third kappa shape index (κ3) is 6.70. The van der Waals surface area contributed by atoms with E-state index in [-0.39, 0.29) is 5.78 Å². The Hall–Kier alpha value is -2.15. The van der Waals surface area contributed by atoms with Crippen LogP contribution >= 0.6 is 0 Å². The number of carbonyl (C=O) groups excluding carboxylic acids is 1. The van der Waals surface area contributed by atoms with Crippen LogP contribution in [0.4, 0.5) is 0 Å². The van der Waals surface area contributed by atoms with Gasteiger partial charge in [0.05, 0.1) is 0 Å². The smallest absolute Gasteiger partial charge is 0.185 e. The molecule has 0 saturated carbocycles. The molecule has 1 nitrogen and oxygen atoms in total. The van der Waals surface area contributed by atoms with Gasteiger partial charge in [-0.05, 0) is 42.5 Å². The molecule has 0 atom stereocenters. The monoisotopic (exact) mass is 334 g/mol. The summed E-state index contributed by atoms with van der Waals surface area (Å²) >= 11 is 0. The molecule has 0 aliphatic heterocycles. The zero-order chi connectivity index (χ0) is 17.9. The van der Waals surface area contributed by atoms with Gasteiger partial charge in [0, 0.05) is 5.56 Å². The summed E-state index contributed by atoms with van der Waals surface area (Å²) < 4.78 is 0. The lowest BCUT2D eigenvalue weighted by molar-refractivity contribution is 0.104. The van der Waals surface area contributed by atoms with E-state index in [1.807, 2.05) is 36.4 Å². The second-order valence-corrected chi connectivity index (χ2v) is 6.77. The minimum absolute atomic E-state index is 0.0543. The molecule has 132 valence electrons. The Morgan fingerprint density at radius 2 is 1.64 bits per heavy atom. The largest absolute Gasteiger partial charge is 0.289 e. The van der Waals surface area contributed by atoms with Crippen LogP contribution in [0.25, 0.3) is 6.08 Å². The van der Waals surface area contributed by atoms with E-state index in [2.05, 4.69) is 32.0 Å². The van der Waals surface area contributed by atoms with Gasteiger partial charge in [-0.1, -0.05) is 93.6 Å². The van der Waals surface area contributed by atoms with Crippen LogP contribution in [0.1, 0.15) is 72.5 Å². The van der Waals surface area contributed by atoms with Gasteiger partial charge in [0.15, 0.2) is 5.78 Å². The number of hydrogen-bond acceptors (Lipinski definition) is 1. The first-order chi connectivity index (χ1) is 12.2. The summed E-state index contributed by atoms with van der Waals surface area (Å²) in [4.78, 5) is 12.2. The lowest BCUT2D eigenvalue weighted by atomic mass is 9.98. The van der Waals surface area contributed by atoms with Gasteiger partial charge in [0.1, 0.15) is 0 Å². The molecule has 2 aromatic carbocycles. The fourth-order valence-electron chi connectivity index (χ4n) is 3.03. The third-order valence-electron chi connectivity index (χ3n) is 4.66. The standard InChI is InChI=1S/C24H30O/c1-3-4-5-6-7-9-14-23-19-21(16-15-20(23)2)17-18-24(25)22-12-10-8-11-13-22/h8,10-13,15-19H,3-7,9,14H2,1-2H3. The van der Waals surface area contributed by atoms with Crippen LogP contribution in [0.5, 0.6) is 0 Å². The molecule has 25 heavy (non-hydrogen) atoms. The fourth-order valence-corrected chi connectivity index (χ4v) is 3.03. The van der Waals surface area contributed by atoms with Crippen molar-refractivity contribution in [3.8, 4) is 0 Å². The molecule has 0 fully saturated rings. The molecule has 0 aliphatic carbocycles. The fraction of sp³-hybridized carbons (Fsp3) is 0.375. The summed E-state index contributed by atoms with van der Waals surface area (Å²) in [5.41, 5.74) is 4.60. The number of unbranched alkanes of at least 4 members (excludes halogenated alkanes) is 5. The number of hydrogen-bond donors (Lipinski definition) is 0. The van der Waals surface area contributed by atoms with E-state index in [0.29, 0.717) is 0 Å². The predicted octanol–water partition coefficient (Wildman–Crippen LogP) is 6.79. The Morgan fingerprint density at radius 3 is 2.40 bits per heavy atom. The molecule has 0 spiro atoms. The van der Waals surface area contributed by atoms with Crippen molar-refractivity contribution < 1.29 is 4.79 Å². The second-order valence-electron chi connectivity index (χ2n) is 6.77. The van der Waals surface area contributed by atoms with Crippen LogP contribution in [0.3, 0.4) is 0 Å². The molecule has 2 aromatic rings. The van der Waals surface area contributed by atoms with Crippen molar-refractivity contribution in [1.82, 2.24) is 0 Å². The summed E-state index contributed by atoms with van der Waals surface area (Å²) in [6, 6.07) is 15.9. The lowest BCUT2D eigenvalue weighted by Gasteiger charge is -2.07. The highest BCUT2D eigenvalue weighted by Gasteiger charge is 2.02. The number of ketones is 1. The number of benzene rings is 2. The van der Waals surface area contributed by atoms with Crippen molar-refractivity contribution in [3.05, 3.63) is 76.9 Å². The normalized spacial score (nSPS) is 11.1. The maximum absolute atomic E-state index is 12.2. The molecule has 0 aromatic heterocycles. The van der Waals surface area contributed by atoms with E-state index in [0.717, 1.165) is 17.5 Å². The number of aryl methyl sites for hydroxylation is 2. The van der Waals surface area contributed by atoms with Crippen molar-refractivity contribution in [2.24, 2.45) is 0 Å². The van der Waals surface area contributed by atoms with Gasteiger partial charge < -0.3 is 0 Å². The summed E-state index contributed by atoms with van der Waals surface area (Å²) in [5, 5.41) is 0. The Labute approximate surface area is 152 Å². The van der Waals surface area contributed by atoms with E-state index >= 15 is 0 Å². The summed E-state index contributed by atoms with van der Waals surface area (Å²) in [6.07, 6.45) is 12.7. The van der Waals surface area contributed by atoms with Gasteiger partial charge in [-0.3, -0.25) is 4.79 Å². The van der Waals surface area contributed by atoms with E-state index in [1.165, 1.54) is 49.7 Å². The van der Waals surface area contributed by atoms with Gasteiger partial charge in [-0.2, -0.15) is 0 Å². The Balaban J connectivity index is 1.91. The molecule has 2 rings (SSSR count). The predicted molar refractivity (Wildman–Crippen MR) is 108 cm³/mol. The highest BCUT2D eigenvalue weighted by Crippen LogP contribution is 2.17. The number of allylic oxidation sites excluding steroid dienone is 1. The van der Waals surface area contributed by atoms with Gasteiger partial charge in [0.25, 0.3) is 0 Å². The Kier molecular flexibility index (Phi) is 8.18. The molecule has 0 aliphatic rings. The average molecular weight is 335 g/mol. The van der Waals surface area contributed by atoms with Crippen LogP contribution in [-0.4, -0.2) is 5.78 Å². The molecule has 0 unspecified atom stereocenters. The van der Waals surface area contributed by atoms with Crippen LogP contribution in [0, 0.1) is 6.92 Å². The van der Waals surface area contributed by atoms with Crippen molar-refractivity contribution >= 4 is 11.9 Å². The minimum Gasteiger partial charge on any atom is -0.289 e. The van der Waals surface area contributed by atoms with Crippen molar-refractivity contribution in [3.63, 3.8) is 0 Å². The summed E-state index contributed by atoms with van der Waals surface area (Å²) in [7, 11) is 0. The molecule has 0 heterocycles. The Bertz CT molecular complexity index is 682. The minimum atomic E-state index is 0.0543. The lowest BCUT2D eigenvalue weighted by Crippen LogP contribution is -1.94. The van der Waals surface area contributed by atoms with E-state index in [1.54, 1.807) is 6.08 Å². The molecule has 0 amide bonds. The molecule has 0 radical (unpaired) electrons. The average Bonchev–Trinajstić information content (AvgIpc) is 2.65. The maximum atomic E-state index is 12.2. The van der Waals surface area contributed by atoms with Crippen molar-refractivity contribution in [1.29, 1.82) is 0 Å². The molecule has 1 heteroatoms. The van der Waals surface area contributed by atoms with Crippen LogP contribution < -0.4 is 0 Å². The van der Waals surface area contributed by atoms with E-state index in [4.69, 9.17) is 0 Å². The molecule has 0 bridgehead atoms. The van der Waals surface area contributed by atoms with Gasteiger partial charge in [-0.25, -0.2) is 0 Å². The first-order valence-electron chi connectivity index (χ1n) is 9.57. The molecular weight excluding hydrogens is 304 g/mol. The van der Waals surface area contributed by atoms with Crippen LogP contribution in [0.15, 0.2) is 54.6 Å². The third-order valence-corrected chi connectivity index (χ3v) is 4.66. The second kappa shape index (κ2) is 10.7. The number of rotatable bonds is 10. The van der Waals surface area contributed by atoms with Crippen LogP contribution in [0.2, 0.25) is 0 Å². The Morgan fingerprint density at radius 1 is 0.920 bits per heavy atom. The van der Waals surface area contributed by atoms with Crippen molar-refractivity contribution in [2.45, 2.75) is 58.8 Å². The first kappa shape index (κ1) is 19.2. The van der Waals surface area contributed by atoms with Gasteiger partial charge in [-0.15, -0.1) is 0 Å². The number of carbonyl (C=O) groups is 1. The molecule has 0 saturated heterocycles. The zero-order valence-corrected chi connectivity index (χ0v) is 15.6. The van der Waals surface area contributed by atoms with Gasteiger partial charge >= 0.3 is 0 Å². The maximum Gasteiger partial charge on any atom is 0.185 e. The van der Waals surface area contributed by atoms with E-state index < -0.39 is 0 Å². The van der Waals surface area contributed by atoms with Crippen molar-refractivity contribution in [2.75, 3.05) is 0 Å². The highest BCUT2D eigenvalue weighted by atomic mass is 16.1. The SMILES string of the molecule is CCCCCCCCc1cc(C=CC(=O)c2ccccc2)ccc1C. The quantitative estimate of drug-likeness (QED) is 0.265. The van der Waals surface area contributed by atoms with Crippen LogP contribution in [-0.2, 0) is 6.42 Å². The topological polar surface area (TPSA) is 17.1 Å². The summed E-state index contributed by atoms with van der Waals surface area (Å²) in [5.74, 6) is 0.0543. The summed E-state index contributed by atoms with van der Waals surface area (Å²) in [6.45, 7) is 4.43. The molecular formula is C24H30O. The van der Waals surface area contributed by atoms with Gasteiger partial charge in [0.2, 0.25) is 0 Å².